The number of halogens is 3. The number of hydrogen-bond acceptors (Lipinski definition) is 3. The van der Waals surface area contributed by atoms with Crippen LogP contribution in [0, 0.1) is 0 Å². The van der Waals surface area contributed by atoms with Crippen molar-refractivity contribution in [3.63, 3.8) is 0 Å². The molecule has 0 aliphatic carbocycles. The van der Waals surface area contributed by atoms with Crippen molar-refractivity contribution in [2.75, 3.05) is 5.32 Å². The summed E-state index contributed by atoms with van der Waals surface area (Å²) < 4.78 is 38.2. The van der Waals surface area contributed by atoms with E-state index in [1.165, 1.54) is 6.07 Å². The number of hydrogen-bond donors (Lipinski definition) is 1. The molecular weight excluding hydrogens is 251 g/mol. The largest absolute Gasteiger partial charge is 0.417 e. The van der Waals surface area contributed by atoms with Crippen LogP contribution in [0.15, 0.2) is 23.1 Å². The Hall–Kier alpha value is -1.17. The van der Waals surface area contributed by atoms with Crippen LogP contribution in [0.2, 0.25) is 0 Å². The van der Waals surface area contributed by atoms with Gasteiger partial charge in [0.25, 0.3) is 0 Å². The zero-order valence-electron chi connectivity index (χ0n) is 9.18. The van der Waals surface area contributed by atoms with Crippen LogP contribution in [0.3, 0.4) is 0 Å². The summed E-state index contributed by atoms with van der Waals surface area (Å²) in [6, 6.07) is 3.87. The molecule has 1 aliphatic rings. The summed E-state index contributed by atoms with van der Waals surface area (Å²) in [6.07, 6.45) is -4.44. The lowest BCUT2D eigenvalue weighted by atomic mass is 10.1. The topological polar surface area (TPSA) is 29.1 Å². The maximum atomic E-state index is 12.7. The molecule has 0 spiro atoms. The molecule has 1 N–H and O–H groups in total. The lowest BCUT2D eigenvalue weighted by molar-refractivity contribution is -0.139. The molecule has 6 heteroatoms. The standard InChI is InChI=1S/C11H10F3NOS/c1-10(2)9(16)17-8-6(11(12,13)14)4-3-5-7(8)15-10/h3-5,15H,1-2H3. The van der Waals surface area contributed by atoms with Gasteiger partial charge in [0.2, 0.25) is 5.12 Å². The summed E-state index contributed by atoms with van der Waals surface area (Å²) in [6.45, 7) is 3.29. The molecule has 0 radical (unpaired) electrons. The van der Waals surface area contributed by atoms with Crippen LogP contribution >= 0.6 is 11.8 Å². The Kier molecular flexibility index (Phi) is 2.65. The average molecular weight is 261 g/mol. The molecule has 0 bridgehead atoms. The molecule has 2 nitrogen and oxygen atoms in total. The smallest absolute Gasteiger partial charge is 0.372 e. The third-order valence-corrected chi connectivity index (χ3v) is 3.81. The van der Waals surface area contributed by atoms with E-state index in [0.29, 0.717) is 17.4 Å². The van der Waals surface area contributed by atoms with E-state index in [9.17, 15) is 18.0 Å². The molecule has 0 saturated carbocycles. The van der Waals surface area contributed by atoms with Crippen molar-refractivity contribution in [1.82, 2.24) is 0 Å². The number of thioether (sulfide) groups is 1. The number of benzene rings is 1. The Bertz CT molecular complexity index is 482. The number of carbonyl (C=O) groups excluding carboxylic acids is 1. The van der Waals surface area contributed by atoms with Gasteiger partial charge in [0.1, 0.15) is 5.54 Å². The van der Waals surface area contributed by atoms with E-state index in [4.69, 9.17) is 0 Å². The fourth-order valence-electron chi connectivity index (χ4n) is 1.58. The zero-order valence-corrected chi connectivity index (χ0v) is 10.00. The van der Waals surface area contributed by atoms with Crippen molar-refractivity contribution < 1.29 is 18.0 Å². The summed E-state index contributed by atoms with van der Waals surface area (Å²) >= 11 is 0.651. The van der Waals surface area contributed by atoms with E-state index in [-0.39, 0.29) is 10.0 Å². The van der Waals surface area contributed by atoms with Crippen LogP contribution in [0.5, 0.6) is 0 Å². The minimum atomic E-state index is -4.44. The number of anilines is 1. The van der Waals surface area contributed by atoms with E-state index in [2.05, 4.69) is 5.32 Å². The third-order valence-electron chi connectivity index (χ3n) is 2.47. The van der Waals surface area contributed by atoms with Gasteiger partial charge in [-0.05, 0) is 37.7 Å². The molecule has 0 amide bonds. The van der Waals surface area contributed by atoms with Crippen molar-refractivity contribution in [2.45, 2.75) is 30.5 Å². The quantitative estimate of drug-likeness (QED) is 0.774. The van der Waals surface area contributed by atoms with Crippen LogP contribution in [0.1, 0.15) is 19.4 Å². The van der Waals surface area contributed by atoms with Crippen LogP contribution in [-0.4, -0.2) is 10.7 Å². The molecule has 0 aromatic heterocycles. The monoisotopic (exact) mass is 261 g/mol. The van der Waals surface area contributed by atoms with E-state index in [1.54, 1.807) is 19.9 Å². The molecule has 0 fully saturated rings. The van der Waals surface area contributed by atoms with Crippen LogP contribution in [0.25, 0.3) is 0 Å². The summed E-state index contributed by atoms with van der Waals surface area (Å²) in [5.74, 6) is 0. The number of fused-ring (bicyclic) bond motifs is 1. The Morgan fingerprint density at radius 3 is 2.53 bits per heavy atom. The summed E-state index contributed by atoms with van der Waals surface area (Å²) in [4.78, 5) is 11.7. The van der Waals surface area contributed by atoms with E-state index in [0.717, 1.165) is 6.07 Å². The third kappa shape index (κ3) is 2.13. The molecule has 1 heterocycles. The lowest BCUT2D eigenvalue weighted by Gasteiger charge is -2.32. The predicted octanol–water partition coefficient (Wildman–Crippen LogP) is 3.53. The van der Waals surface area contributed by atoms with Gasteiger partial charge in [0, 0.05) is 5.69 Å². The molecule has 1 aromatic carbocycles. The Morgan fingerprint density at radius 1 is 1.29 bits per heavy atom. The summed E-state index contributed by atoms with van der Waals surface area (Å²) in [5.41, 5.74) is -1.26. The van der Waals surface area contributed by atoms with Crippen molar-refractivity contribution in [2.24, 2.45) is 0 Å². The van der Waals surface area contributed by atoms with Crippen molar-refractivity contribution in [3.05, 3.63) is 23.8 Å². The molecule has 0 saturated heterocycles. The van der Waals surface area contributed by atoms with Crippen molar-refractivity contribution in [3.8, 4) is 0 Å². The molecule has 0 atom stereocenters. The number of alkyl halides is 3. The minimum absolute atomic E-state index is 0.0377. The molecule has 1 aliphatic heterocycles. The van der Waals surface area contributed by atoms with E-state index < -0.39 is 17.3 Å². The first-order chi connectivity index (χ1) is 7.72. The lowest BCUT2D eigenvalue weighted by Crippen LogP contribution is -2.41. The highest BCUT2D eigenvalue weighted by molar-refractivity contribution is 8.14. The van der Waals surface area contributed by atoms with Gasteiger partial charge in [-0.3, -0.25) is 4.79 Å². The molecule has 17 heavy (non-hydrogen) atoms. The van der Waals surface area contributed by atoms with Gasteiger partial charge in [-0.25, -0.2) is 0 Å². The molecule has 2 rings (SSSR count). The van der Waals surface area contributed by atoms with Crippen LogP contribution < -0.4 is 5.32 Å². The Labute approximate surface area is 101 Å². The SMILES string of the molecule is CC1(C)Nc2cccc(C(F)(F)F)c2SC1=O. The number of rotatable bonds is 0. The maximum Gasteiger partial charge on any atom is 0.417 e. The van der Waals surface area contributed by atoms with Crippen LogP contribution in [0.4, 0.5) is 18.9 Å². The first kappa shape index (κ1) is 12.3. The minimum Gasteiger partial charge on any atom is -0.372 e. The normalized spacial score (nSPS) is 18.5. The molecular formula is C11H10F3NOS. The van der Waals surface area contributed by atoms with Gasteiger partial charge in [0.05, 0.1) is 10.5 Å². The van der Waals surface area contributed by atoms with Gasteiger partial charge in [-0.15, -0.1) is 0 Å². The van der Waals surface area contributed by atoms with Gasteiger partial charge >= 0.3 is 6.18 Å². The van der Waals surface area contributed by atoms with Gasteiger partial charge in [-0.2, -0.15) is 13.2 Å². The van der Waals surface area contributed by atoms with Crippen LogP contribution in [-0.2, 0) is 11.0 Å². The number of carbonyl (C=O) groups is 1. The summed E-state index contributed by atoms with van der Waals surface area (Å²) in [5, 5.41) is 2.51. The first-order valence-electron chi connectivity index (χ1n) is 4.92. The summed E-state index contributed by atoms with van der Waals surface area (Å²) in [7, 11) is 0. The van der Waals surface area contributed by atoms with Crippen molar-refractivity contribution >= 4 is 22.6 Å². The Morgan fingerprint density at radius 2 is 1.94 bits per heavy atom. The maximum absolute atomic E-state index is 12.7. The first-order valence-corrected chi connectivity index (χ1v) is 5.74. The van der Waals surface area contributed by atoms with E-state index >= 15 is 0 Å². The van der Waals surface area contributed by atoms with Gasteiger partial charge < -0.3 is 5.32 Å². The van der Waals surface area contributed by atoms with Gasteiger partial charge in [-0.1, -0.05) is 6.07 Å². The molecule has 92 valence electrons. The molecule has 0 unspecified atom stereocenters. The number of nitrogens with one attached hydrogen (secondary N) is 1. The highest BCUT2D eigenvalue weighted by Gasteiger charge is 2.40. The Balaban J connectivity index is 2.55. The fraction of sp³-hybridized carbons (Fsp3) is 0.364. The molecule has 1 aromatic rings. The zero-order chi connectivity index (χ0) is 12.8. The fourth-order valence-corrected chi connectivity index (χ4v) is 2.59. The second-order valence-electron chi connectivity index (χ2n) is 4.32. The average Bonchev–Trinajstić information content (AvgIpc) is 2.16. The predicted molar refractivity (Wildman–Crippen MR) is 60.0 cm³/mol. The van der Waals surface area contributed by atoms with Crippen molar-refractivity contribution in [1.29, 1.82) is 0 Å². The highest BCUT2D eigenvalue weighted by Crippen LogP contribution is 2.45. The van der Waals surface area contributed by atoms with Gasteiger partial charge in [0.15, 0.2) is 0 Å². The highest BCUT2D eigenvalue weighted by atomic mass is 32.2. The second-order valence-corrected chi connectivity index (χ2v) is 5.30. The van der Waals surface area contributed by atoms with E-state index in [1.807, 2.05) is 0 Å². The second kappa shape index (κ2) is 3.66.